The number of halogens is 1. The van der Waals surface area contributed by atoms with E-state index in [1.807, 2.05) is 0 Å². The second-order valence-electron chi connectivity index (χ2n) is 3.63. The van der Waals surface area contributed by atoms with Crippen molar-refractivity contribution in [3.63, 3.8) is 0 Å². The van der Waals surface area contributed by atoms with Gasteiger partial charge in [0.15, 0.2) is 5.78 Å². The van der Waals surface area contributed by atoms with E-state index in [1.54, 1.807) is 31.2 Å². The molecule has 0 N–H and O–H groups in total. The molecule has 0 bridgehead atoms. The highest BCUT2D eigenvalue weighted by Crippen LogP contribution is 2.17. The van der Waals surface area contributed by atoms with Crippen LogP contribution >= 0.6 is 11.6 Å². The Hall–Kier alpha value is -2.14. The molecule has 0 aliphatic rings. The lowest BCUT2D eigenvalue weighted by Crippen LogP contribution is -2.11. The number of hydrogen-bond donors (Lipinski definition) is 0. The number of carbonyl (C=O) groups is 2. The third-order valence-electron chi connectivity index (χ3n) is 2.39. The number of carbonyl (C=O) groups excluding carboxylic acids is 2. The standard InChI is InChI=1S/C13H10ClNO4/c1-2-18-13(17)11-10(7-19-15-11)12(16)8-3-5-9(14)6-4-8/h3-7H,2H2,1H3. The molecule has 1 aromatic carbocycles. The summed E-state index contributed by atoms with van der Waals surface area (Å²) in [5.41, 5.74) is 0.334. The lowest BCUT2D eigenvalue weighted by atomic mass is 10.0. The van der Waals surface area contributed by atoms with Crippen LogP contribution in [0.25, 0.3) is 0 Å². The smallest absolute Gasteiger partial charge is 0.361 e. The van der Waals surface area contributed by atoms with Crippen LogP contribution in [0.3, 0.4) is 0 Å². The molecule has 1 aromatic heterocycles. The molecule has 0 unspecified atom stereocenters. The van der Waals surface area contributed by atoms with E-state index in [1.165, 1.54) is 0 Å². The van der Waals surface area contributed by atoms with E-state index >= 15 is 0 Å². The van der Waals surface area contributed by atoms with E-state index in [9.17, 15) is 9.59 Å². The lowest BCUT2D eigenvalue weighted by Gasteiger charge is -2.01. The number of ketones is 1. The minimum atomic E-state index is -0.687. The summed E-state index contributed by atoms with van der Waals surface area (Å²) < 4.78 is 9.48. The monoisotopic (exact) mass is 279 g/mol. The fourth-order valence-corrected chi connectivity index (χ4v) is 1.63. The first kappa shape index (κ1) is 13.3. The number of esters is 1. The van der Waals surface area contributed by atoms with Gasteiger partial charge in [-0.3, -0.25) is 4.79 Å². The molecular formula is C13H10ClNO4. The van der Waals surface area contributed by atoms with Crippen molar-refractivity contribution in [3.8, 4) is 0 Å². The minimum Gasteiger partial charge on any atom is -0.461 e. The van der Waals surface area contributed by atoms with Gasteiger partial charge in [-0.05, 0) is 31.2 Å². The van der Waals surface area contributed by atoms with Gasteiger partial charge in [0.1, 0.15) is 6.26 Å². The molecule has 0 saturated carbocycles. The third kappa shape index (κ3) is 2.82. The second-order valence-corrected chi connectivity index (χ2v) is 4.07. The van der Waals surface area contributed by atoms with Gasteiger partial charge in [-0.2, -0.15) is 0 Å². The van der Waals surface area contributed by atoms with Gasteiger partial charge < -0.3 is 9.26 Å². The molecular weight excluding hydrogens is 270 g/mol. The maximum atomic E-state index is 12.2. The fraction of sp³-hybridized carbons (Fsp3) is 0.154. The highest BCUT2D eigenvalue weighted by molar-refractivity contribution is 6.30. The van der Waals surface area contributed by atoms with Gasteiger partial charge in [0, 0.05) is 10.6 Å². The topological polar surface area (TPSA) is 69.4 Å². The van der Waals surface area contributed by atoms with Crippen LogP contribution in [0.15, 0.2) is 35.1 Å². The molecule has 0 saturated heterocycles. The highest BCUT2D eigenvalue weighted by Gasteiger charge is 2.23. The zero-order valence-electron chi connectivity index (χ0n) is 10.1. The molecule has 2 aromatic rings. The Bertz CT molecular complexity index is 603. The van der Waals surface area contributed by atoms with Crippen LogP contribution in [0, 0.1) is 0 Å². The summed E-state index contributed by atoms with van der Waals surface area (Å²) in [5, 5.41) is 4.02. The van der Waals surface area contributed by atoms with Crippen molar-refractivity contribution < 1.29 is 18.8 Å². The Kier molecular flexibility index (Phi) is 3.97. The number of aromatic nitrogens is 1. The minimum absolute atomic E-state index is 0.0702. The summed E-state index contributed by atoms with van der Waals surface area (Å²) in [6.07, 6.45) is 1.13. The molecule has 98 valence electrons. The van der Waals surface area contributed by atoms with Crippen molar-refractivity contribution in [2.45, 2.75) is 6.92 Å². The van der Waals surface area contributed by atoms with Gasteiger partial charge >= 0.3 is 5.97 Å². The van der Waals surface area contributed by atoms with Gasteiger partial charge in [0.05, 0.1) is 12.2 Å². The molecule has 0 radical (unpaired) electrons. The van der Waals surface area contributed by atoms with E-state index < -0.39 is 5.97 Å². The van der Waals surface area contributed by atoms with Crippen LogP contribution in [0.5, 0.6) is 0 Å². The molecule has 0 amide bonds. The van der Waals surface area contributed by atoms with Gasteiger partial charge in [-0.15, -0.1) is 0 Å². The predicted octanol–water partition coefficient (Wildman–Crippen LogP) is 2.74. The van der Waals surface area contributed by atoms with Gasteiger partial charge in [0.2, 0.25) is 5.69 Å². The van der Waals surface area contributed by atoms with E-state index in [2.05, 4.69) is 9.68 Å². The summed E-state index contributed by atoms with van der Waals surface area (Å²) in [6, 6.07) is 6.30. The van der Waals surface area contributed by atoms with Crippen molar-refractivity contribution in [3.05, 3.63) is 52.4 Å². The van der Waals surface area contributed by atoms with E-state index in [-0.39, 0.29) is 23.6 Å². The number of benzene rings is 1. The Morgan fingerprint density at radius 1 is 1.32 bits per heavy atom. The molecule has 0 atom stereocenters. The first-order valence-corrected chi connectivity index (χ1v) is 5.93. The molecule has 6 heteroatoms. The van der Waals surface area contributed by atoms with E-state index in [0.717, 1.165) is 6.26 Å². The Balaban J connectivity index is 2.32. The molecule has 0 fully saturated rings. The average molecular weight is 280 g/mol. The molecule has 0 spiro atoms. The van der Waals surface area contributed by atoms with E-state index in [0.29, 0.717) is 10.6 Å². The van der Waals surface area contributed by atoms with Crippen molar-refractivity contribution in [1.29, 1.82) is 0 Å². The summed E-state index contributed by atoms with van der Waals surface area (Å²) in [4.78, 5) is 23.8. The number of rotatable bonds is 4. The quantitative estimate of drug-likeness (QED) is 0.636. The van der Waals surface area contributed by atoms with Gasteiger partial charge in [-0.25, -0.2) is 4.79 Å². The summed E-state index contributed by atoms with van der Waals surface area (Å²) in [5.74, 6) is -1.06. The maximum absolute atomic E-state index is 12.2. The molecule has 1 heterocycles. The van der Waals surface area contributed by atoms with Crippen molar-refractivity contribution >= 4 is 23.4 Å². The van der Waals surface area contributed by atoms with Crippen molar-refractivity contribution in [2.24, 2.45) is 0 Å². The Morgan fingerprint density at radius 2 is 2.00 bits per heavy atom. The predicted molar refractivity (Wildman–Crippen MR) is 67.3 cm³/mol. The Labute approximate surface area is 114 Å². The molecule has 19 heavy (non-hydrogen) atoms. The molecule has 0 aliphatic carbocycles. The summed E-state index contributed by atoms with van der Waals surface area (Å²) in [7, 11) is 0. The molecule has 2 rings (SSSR count). The zero-order chi connectivity index (χ0) is 13.8. The summed E-state index contributed by atoms with van der Waals surface area (Å²) >= 11 is 5.75. The van der Waals surface area contributed by atoms with E-state index in [4.69, 9.17) is 16.3 Å². The third-order valence-corrected chi connectivity index (χ3v) is 2.64. The maximum Gasteiger partial charge on any atom is 0.361 e. The number of hydrogen-bond acceptors (Lipinski definition) is 5. The van der Waals surface area contributed by atoms with Crippen LogP contribution in [-0.2, 0) is 4.74 Å². The normalized spacial score (nSPS) is 10.2. The average Bonchev–Trinajstić information content (AvgIpc) is 2.88. The van der Waals surface area contributed by atoms with Crippen LogP contribution in [0.4, 0.5) is 0 Å². The molecule has 0 aliphatic heterocycles. The van der Waals surface area contributed by atoms with Crippen LogP contribution in [-0.4, -0.2) is 23.5 Å². The van der Waals surface area contributed by atoms with Gasteiger partial charge in [-0.1, -0.05) is 16.8 Å². The SMILES string of the molecule is CCOC(=O)c1nocc1C(=O)c1ccc(Cl)cc1. The zero-order valence-corrected chi connectivity index (χ0v) is 10.8. The fourth-order valence-electron chi connectivity index (χ4n) is 1.50. The van der Waals surface area contributed by atoms with Crippen LogP contribution in [0.2, 0.25) is 5.02 Å². The molecule has 5 nitrogen and oxygen atoms in total. The van der Waals surface area contributed by atoms with Crippen LogP contribution < -0.4 is 0 Å². The second kappa shape index (κ2) is 5.67. The first-order chi connectivity index (χ1) is 9.13. The van der Waals surface area contributed by atoms with Crippen molar-refractivity contribution in [2.75, 3.05) is 6.61 Å². The number of ether oxygens (including phenoxy) is 1. The van der Waals surface area contributed by atoms with Crippen LogP contribution in [0.1, 0.15) is 33.3 Å². The highest BCUT2D eigenvalue weighted by atomic mass is 35.5. The largest absolute Gasteiger partial charge is 0.461 e. The summed E-state index contributed by atoms with van der Waals surface area (Å²) in [6.45, 7) is 1.86. The van der Waals surface area contributed by atoms with Gasteiger partial charge in [0.25, 0.3) is 0 Å². The first-order valence-electron chi connectivity index (χ1n) is 5.55. The van der Waals surface area contributed by atoms with Crippen molar-refractivity contribution in [1.82, 2.24) is 5.16 Å². The number of nitrogens with zero attached hydrogens (tertiary/aromatic N) is 1. The Morgan fingerprint density at radius 3 is 2.63 bits per heavy atom. The lowest BCUT2D eigenvalue weighted by molar-refractivity contribution is 0.0512.